The number of nitrogens with zero attached hydrogens (tertiary/aromatic N) is 1. The molecular formula is C15H17ClF3N3O2. The van der Waals surface area contributed by atoms with Crippen molar-refractivity contribution < 1.29 is 22.8 Å². The van der Waals surface area contributed by atoms with Crippen LogP contribution in [-0.4, -0.2) is 48.6 Å². The summed E-state index contributed by atoms with van der Waals surface area (Å²) in [4.78, 5) is 25.5. The molecule has 1 saturated heterocycles. The van der Waals surface area contributed by atoms with Gasteiger partial charge in [-0.3, -0.25) is 14.5 Å². The molecule has 1 heterocycles. The van der Waals surface area contributed by atoms with Gasteiger partial charge >= 0.3 is 6.18 Å². The lowest BCUT2D eigenvalue weighted by atomic mass is 10.2. The Balaban J connectivity index is 1.88. The zero-order valence-corrected chi connectivity index (χ0v) is 13.5. The van der Waals surface area contributed by atoms with E-state index in [1.807, 2.05) is 5.32 Å². The number of alkyl halides is 3. The van der Waals surface area contributed by atoms with E-state index >= 15 is 0 Å². The van der Waals surface area contributed by atoms with Crippen molar-refractivity contribution in [2.45, 2.75) is 25.1 Å². The molecule has 1 aliphatic heterocycles. The fourth-order valence-electron chi connectivity index (χ4n) is 2.57. The van der Waals surface area contributed by atoms with Gasteiger partial charge in [0.15, 0.2) is 0 Å². The normalized spacial score (nSPS) is 18.4. The van der Waals surface area contributed by atoms with Crippen LogP contribution in [0.5, 0.6) is 0 Å². The van der Waals surface area contributed by atoms with Gasteiger partial charge in [-0.05, 0) is 37.6 Å². The lowest BCUT2D eigenvalue weighted by Crippen LogP contribution is -2.47. The predicted molar refractivity (Wildman–Crippen MR) is 83.7 cm³/mol. The van der Waals surface area contributed by atoms with Crippen LogP contribution in [0, 0.1) is 0 Å². The Labute approximate surface area is 142 Å². The molecule has 1 atom stereocenters. The van der Waals surface area contributed by atoms with E-state index in [1.165, 1.54) is 0 Å². The molecule has 2 N–H and O–H groups in total. The average molecular weight is 364 g/mol. The number of hydrogen-bond acceptors (Lipinski definition) is 3. The summed E-state index contributed by atoms with van der Waals surface area (Å²) < 4.78 is 36.5. The average Bonchev–Trinajstić information content (AvgIpc) is 2.92. The Morgan fingerprint density at radius 3 is 2.75 bits per heavy atom. The molecule has 9 heteroatoms. The highest BCUT2D eigenvalue weighted by Gasteiger charge is 2.34. The number of halogens is 4. The maximum absolute atomic E-state index is 12.2. The molecule has 2 rings (SSSR count). The van der Waals surface area contributed by atoms with E-state index in [-0.39, 0.29) is 12.5 Å². The van der Waals surface area contributed by atoms with Crippen molar-refractivity contribution in [3.05, 3.63) is 29.3 Å². The van der Waals surface area contributed by atoms with E-state index in [2.05, 4.69) is 5.32 Å². The summed E-state index contributed by atoms with van der Waals surface area (Å²) in [5, 5.41) is 4.99. The summed E-state index contributed by atoms with van der Waals surface area (Å²) in [5.74, 6) is -1.06. The van der Waals surface area contributed by atoms with Gasteiger partial charge in [0.05, 0.1) is 12.6 Å². The molecule has 132 valence electrons. The van der Waals surface area contributed by atoms with Crippen molar-refractivity contribution >= 4 is 29.1 Å². The molecular weight excluding hydrogens is 347 g/mol. The second-order valence-electron chi connectivity index (χ2n) is 5.52. The van der Waals surface area contributed by atoms with Gasteiger partial charge in [0, 0.05) is 10.7 Å². The highest BCUT2D eigenvalue weighted by molar-refractivity contribution is 6.30. The van der Waals surface area contributed by atoms with E-state index in [0.717, 1.165) is 0 Å². The maximum atomic E-state index is 12.2. The molecule has 1 aliphatic rings. The van der Waals surface area contributed by atoms with Crippen molar-refractivity contribution in [2.24, 2.45) is 0 Å². The van der Waals surface area contributed by atoms with E-state index in [0.29, 0.717) is 30.1 Å². The SMILES string of the molecule is O=C(CN1CCCC1C(=O)NCC(F)(F)F)Nc1cccc(Cl)c1. The number of likely N-dealkylation sites (tertiary alicyclic amines) is 1. The molecule has 0 bridgehead atoms. The van der Waals surface area contributed by atoms with Gasteiger partial charge in [-0.25, -0.2) is 0 Å². The van der Waals surface area contributed by atoms with Crippen molar-refractivity contribution in [3.8, 4) is 0 Å². The number of carbonyl (C=O) groups excluding carboxylic acids is 2. The Kier molecular flexibility index (Phi) is 6.06. The zero-order valence-electron chi connectivity index (χ0n) is 12.7. The number of rotatable bonds is 5. The number of benzene rings is 1. The second kappa shape index (κ2) is 7.85. The van der Waals surface area contributed by atoms with E-state index in [9.17, 15) is 22.8 Å². The summed E-state index contributed by atoms with van der Waals surface area (Å²) in [5.41, 5.74) is 0.518. The summed E-state index contributed by atoms with van der Waals surface area (Å²) in [6.45, 7) is -0.964. The third-order valence-corrected chi connectivity index (χ3v) is 3.82. The van der Waals surface area contributed by atoms with Gasteiger partial charge in [0.25, 0.3) is 0 Å². The molecule has 2 amide bonds. The van der Waals surface area contributed by atoms with Gasteiger partial charge < -0.3 is 10.6 Å². The van der Waals surface area contributed by atoms with Crippen molar-refractivity contribution in [2.75, 3.05) is 25.0 Å². The van der Waals surface area contributed by atoms with Crippen LogP contribution in [-0.2, 0) is 9.59 Å². The van der Waals surface area contributed by atoms with Crippen LogP contribution < -0.4 is 10.6 Å². The summed E-state index contributed by atoms with van der Waals surface area (Å²) >= 11 is 5.83. The third-order valence-electron chi connectivity index (χ3n) is 3.58. The van der Waals surface area contributed by atoms with E-state index in [4.69, 9.17) is 11.6 Å². The van der Waals surface area contributed by atoms with Gasteiger partial charge in [-0.1, -0.05) is 17.7 Å². The summed E-state index contributed by atoms with van der Waals surface area (Å²) in [7, 11) is 0. The number of carbonyl (C=O) groups is 2. The van der Waals surface area contributed by atoms with Gasteiger partial charge in [0.1, 0.15) is 6.54 Å². The quantitative estimate of drug-likeness (QED) is 0.844. The number of hydrogen-bond donors (Lipinski definition) is 2. The molecule has 0 aliphatic carbocycles. The smallest absolute Gasteiger partial charge is 0.346 e. The van der Waals surface area contributed by atoms with Crippen LogP contribution in [0.1, 0.15) is 12.8 Å². The number of amides is 2. The highest BCUT2D eigenvalue weighted by atomic mass is 35.5. The van der Waals surface area contributed by atoms with Crippen LogP contribution in [0.25, 0.3) is 0 Å². The topological polar surface area (TPSA) is 61.4 Å². The zero-order chi connectivity index (χ0) is 17.7. The Morgan fingerprint density at radius 1 is 1.33 bits per heavy atom. The van der Waals surface area contributed by atoms with Crippen LogP contribution in [0.3, 0.4) is 0 Å². The molecule has 24 heavy (non-hydrogen) atoms. The lowest BCUT2D eigenvalue weighted by Gasteiger charge is -2.23. The molecule has 0 aromatic heterocycles. The number of nitrogens with one attached hydrogen (secondary N) is 2. The van der Waals surface area contributed by atoms with Crippen LogP contribution in [0.2, 0.25) is 5.02 Å². The maximum Gasteiger partial charge on any atom is 0.405 e. The van der Waals surface area contributed by atoms with Crippen LogP contribution >= 0.6 is 11.6 Å². The van der Waals surface area contributed by atoms with Crippen LogP contribution in [0.4, 0.5) is 18.9 Å². The van der Waals surface area contributed by atoms with Crippen molar-refractivity contribution in [1.29, 1.82) is 0 Å². The molecule has 1 aromatic rings. The van der Waals surface area contributed by atoms with Crippen molar-refractivity contribution in [1.82, 2.24) is 10.2 Å². The van der Waals surface area contributed by atoms with E-state index in [1.54, 1.807) is 29.2 Å². The Morgan fingerprint density at radius 2 is 2.08 bits per heavy atom. The lowest BCUT2D eigenvalue weighted by molar-refractivity contribution is -0.141. The van der Waals surface area contributed by atoms with Gasteiger partial charge in [-0.2, -0.15) is 13.2 Å². The molecule has 0 saturated carbocycles. The first-order valence-electron chi connectivity index (χ1n) is 7.38. The fourth-order valence-corrected chi connectivity index (χ4v) is 2.76. The standard InChI is InChI=1S/C15H17ClF3N3O2/c16-10-3-1-4-11(7-10)21-13(23)8-22-6-2-5-12(22)14(24)20-9-15(17,18)19/h1,3-4,7,12H,2,5-6,8-9H2,(H,20,24)(H,21,23). The first-order chi connectivity index (χ1) is 11.2. The highest BCUT2D eigenvalue weighted by Crippen LogP contribution is 2.19. The largest absolute Gasteiger partial charge is 0.405 e. The molecule has 0 radical (unpaired) electrons. The Hall–Kier alpha value is -1.80. The second-order valence-corrected chi connectivity index (χ2v) is 5.96. The fraction of sp³-hybridized carbons (Fsp3) is 0.467. The monoisotopic (exact) mass is 363 g/mol. The number of anilines is 1. The van der Waals surface area contributed by atoms with Crippen LogP contribution in [0.15, 0.2) is 24.3 Å². The minimum Gasteiger partial charge on any atom is -0.346 e. The molecule has 1 unspecified atom stereocenters. The molecule has 1 fully saturated rings. The Bertz CT molecular complexity index is 610. The summed E-state index contributed by atoms with van der Waals surface area (Å²) in [6.07, 6.45) is -3.38. The third kappa shape index (κ3) is 5.68. The summed E-state index contributed by atoms with van der Waals surface area (Å²) in [6, 6.07) is 5.87. The first-order valence-corrected chi connectivity index (χ1v) is 7.76. The predicted octanol–water partition coefficient (Wildman–Crippen LogP) is 2.42. The first kappa shape index (κ1) is 18.5. The molecule has 1 aromatic carbocycles. The van der Waals surface area contributed by atoms with E-state index < -0.39 is 24.7 Å². The molecule has 0 spiro atoms. The minimum atomic E-state index is -4.46. The minimum absolute atomic E-state index is 0.0728. The van der Waals surface area contributed by atoms with Crippen molar-refractivity contribution in [3.63, 3.8) is 0 Å². The van der Waals surface area contributed by atoms with Gasteiger partial charge in [-0.15, -0.1) is 0 Å². The van der Waals surface area contributed by atoms with Gasteiger partial charge in [0.2, 0.25) is 11.8 Å². The molecule has 5 nitrogen and oxygen atoms in total.